The summed E-state index contributed by atoms with van der Waals surface area (Å²) in [6.07, 6.45) is 2.51. The van der Waals surface area contributed by atoms with Crippen molar-refractivity contribution in [3.05, 3.63) is 46.3 Å². The van der Waals surface area contributed by atoms with Crippen molar-refractivity contribution in [3.8, 4) is 16.3 Å². The largest absolute Gasteiger partial charge is 0.494 e. The van der Waals surface area contributed by atoms with Gasteiger partial charge in [-0.3, -0.25) is 0 Å². The summed E-state index contributed by atoms with van der Waals surface area (Å²) in [6.45, 7) is 1.02. The first-order chi connectivity index (χ1) is 8.90. The van der Waals surface area contributed by atoms with Gasteiger partial charge in [-0.25, -0.2) is 4.98 Å². The van der Waals surface area contributed by atoms with Crippen molar-refractivity contribution in [1.82, 2.24) is 4.98 Å². The Hall–Kier alpha value is -2.04. The topological polar surface area (TPSA) is 70.9 Å². The number of benzene rings is 1. The van der Waals surface area contributed by atoms with Crippen LogP contribution >= 0.6 is 11.3 Å². The summed E-state index contributed by atoms with van der Waals surface area (Å²) in [5, 5.41) is 6.40. The SMILES string of the molecule is [N-]=[N+]=NCCCOc1ccc(-c2nccs2)cc1. The lowest BCUT2D eigenvalue weighted by atomic mass is 10.2. The highest BCUT2D eigenvalue weighted by Gasteiger charge is 2.00. The number of hydrogen-bond donors (Lipinski definition) is 0. The van der Waals surface area contributed by atoms with Gasteiger partial charge in [0.05, 0.1) is 6.61 Å². The molecule has 0 aliphatic heterocycles. The third kappa shape index (κ3) is 3.48. The molecule has 2 rings (SSSR count). The molecular formula is C12H12N4OS. The standard InChI is InChI=1S/C12H12N4OS/c13-16-15-6-1-8-17-11-4-2-10(3-5-11)12-14-7-9-18-12/h2-5,7,9H,1,6,8H2. The zero-order valence-electron chi connectivity index (χ0n) is 9.69. The van der Waals surface area contributed by atoms with Crippen LogP contribution in [0.4, 0.5) is 0 Å². The molecule has 0 N–H and O–H groups in total. The molecule has 1 heterocycles. The van der Waals surface area contributed by atoms with Crippen molar-refractivity contribution in [2.24, 2.45) is 5.11 Å². The van der Waals surface area contributed by atoms with Crippen LogP contribution in [0.25, 0.3) is 21.0 Å². The van der Waals surface area contributed by atoms with Crippen molar-refractivity contribution in [1.29, 1.82) is 0 Å². The monoisotopic (exact) mass is 260 g/mol. The molecule has 1 aromatic heterocycles. The fraction of sp³-hybridized carbons (Fsp3) is 0.250. The highest BCUT2D eigenvalue weighted by molar-refractivity contribution is 7.13. The first-order valence-corrected chi connectivity index (χ1v) is 6.42. The molecule has 2 aromatic rings. The molecule has 0 aliphatic carbocycles. The van der Waals surface area contributed by atoms with Gasteiger partial charge in [0.2, 0.25) is 0 Å². The van der Waals surface area contributed by atoms with E-state index in [2.05, 4.69) is 15.0 Å². The van der Waals surface area contributed by atoms with Crippen LogP contribution in [0.5, 0.6) is 5.75 Å². The molecule has 0 bridgehead atoms. The second-order valence-corrected chi connectivity index (χ2v) is 4.41. The Balaban J connectivity index is 1.86. The number of rotatable bonds is 6. The molecule has 0 aliphatic rings. The van der Waals surface area contributed by atoms with E-state index in [0.29, 0.717) is 13.2 Å². The molecule has 0 saturated carbocycles. The van der Waals surface area contributed by atoms with Gasteiger partial charge < -0.3 is 4.74 Å². The van der Waals surface area contributed by atoms with E-state index in [0.717, 1.165) is 22.7 Å². The first kappa shape index (κ1) is 12.4. The van der Waals surface area contributed by atoms with Crippen molar-refractivity contribution in [3.63, 3.8) is 0 Å². The van der Waals surface area contributed by atoms with Crippen LogP contribution in [0, 0.1) is 0 Å². The lowest BCUT2D eigenvalue weighted by Gasteiger charge is -2.05. The fourth-order valence-corrected chi connectivity index (χ4v) is 2.07. The summed E-state index contributed by atoms with van der Waals surface area (Å²) in [5.41, 5.74) is 9.21. The molecule has 0 spiro atoms. The highest BCUT2D eigenvalue weighted by Crippen LogP contribution is 2.23. The number of azide groups is 1. The van der Waals surface area contributed by atoms with Crippen molar-refractivity contribution >= 4 is 11.3 Å². The Bertz CT molecular complexity index is 518. The van der Waals surface area contributed by atoms with Gasteiger partial charge in [-0.1, -0.05) is 5.11 Å². The first-order valence-electron chi connectivity index (χ1n) is 5.54. The molecule has 0 saturated heterocycles. The van der Waals surface area contributed by atoms with Crippen LogP contribution in [0.1, 0.15) is 6.42 Å². The van der Waals surface area contributed by atoms with E-state index in [-0.39, 0.29) is 0 Å². The summed E-state index contributed by atoms with van der Waals surface area (Å²) in [6, 6.07) is 7.82. The maximum absolute atomic E-state index is 8.12. The lowest BCUT2D eigenvalue weighted by molar-refractivity contribution is 0.313. The summed E-state index contributed by atoms with van der Waals surface area (Å²) < 4.78 is 5.52. The quantitative estimate of drug-likeness (QED) is 0.342. The minimum atomic E-state index is 0.466. The van der Waals surface area contributed by atoms with Crippen LogP contribution in [0.3, 0.4) is 0 Å². The van der Waals surface area contributed by atoms with Gasteiger partial charge in [0.1, 0.15) is 10.8 Å². The van der Waals surface area contributed by atoms with Gasteiger partial charge in [0, 0.05) is 28.6 Å². The van der Waals surface area contributed by atoms with E-state index in [1.807, 2.05) is 29.6 Å². The summed E-state index contributed by atoms with van der Waals surface area (Å²) >= 11 is 1.61. The summed E-state index contributed by atoms with van der Waals surface area (Å²) in [5.74, 6) is 0.816. The Labute approximate surface area is 109 Å². The van der Waals surface area contributed by atoms with E-state index in [1.165, 1.54) is 0 Å². The van der Waals surface area contributed by atoms with Gasteiger partial charge in [0.25, 0.3) is 0 Å². The van der Waals surface area contributed by atoms with Crippen LogP contribution in [-0.4, -0.2) is 18.1 Å². The molecule has 1 aromatic carbocycles. The Morgan fingerprint density at radius 1 is 1.33 bits per heavy atom. The Morgan fingerprint density at radius 3 is 2.83 bits per heavy atom. The predicted octanol–water partition coefficient (Wildman–Crippen LogP) is 3.89. The van der Waals surface area contributed by atoms with Crippen LogP contribution in [0.2, 0.25) is 0 Å². The molecule has 0 atom stereocenters. The van der Waals surface area contributed by atoms with Gasteiger partial charge in [-0.15, -0.1) is 11.3 Å². The molecule has 0 amide bonds. The van der Waals surface area contributed by atoms with E-state index in [1.54, 1.807) is 17.5 Å². The van der Waals surface area contributed by atoms with Gasteiger partial charge in [-0.2, -0.15) is 0 Å². The highest BCUT2D eigenvalue weighted by atomic mass is 32.1. The van der Waals surface area contributed by atoms with Crippen molar-refractivity contribution in [2.45, 2.75) is 6.42 Å². The molecule has 0 radical (unpaired) electrons. The van der Waals surface area contributed by atoms with Gasteiger partial charge in [-0.05, 0) is 36.2 Å². The minimum Gasteiger partial charge on any atom is -0.494 e. The molecule has 0 unspecified atom stereocenters. The number of ether oxygens (including phenoxy) is 1. The number of thiazole rings is 1. The van der Waals surface area contributed by atoms with Gasteiger partial charge >= 0.3 is 0 Å². The molecule has 18 heavy (non-hydrogen) atoms. The summed E-state index contributed by atoms with van der Waals surface area (Å²) in [7, 11) is 0. The number of aromatic nitrogens is 1. The van der Waals surface area contributed by atoms with Crippen molar-refractivity contribution < 1.29 is 4.74 Å². The lowest BCUT2D eigenvalue weighted by Crippen LogP contribution is -1.98. The minimum absolute atomic E-state index is 0.466. The maximum atomic E-state index is 8.12. The van der Waals surface area contributed by atoms with E-state index >= 15 is 0 Å². The Morgan fingerprint density at radius 2 is 2.17 bits per heavy atom. The third-order valence-electron chi connectivity index (χ3n) is 2.27. The van der Waals surface area contributed by atoms with Crippen LogP contribution < -0.4 is 4.74 Å². The number of hydrogen-bond acceptors (Lipinski definition) is 4. The molecule has 5 nitrogen and oxygen atoms in total. The molecule has 0 fully saturated rings. The zero-order valence-corrected chi connectivity index (χ0v) is 10.5. The maximum Gasteiger partial charge on any atom is 0.123 e. The second kappa shape index (κ2) is 6.64. The summed E-state index contributed by atoms with van der Waals surface area (Å²) in [4.78, 5) is 6.93. The normalized spacial score (nSPS) is 9.78. The smallest absolute Gasteiger partial charge is 0.123 e. The second-order valence-electron chi connectivity index (χ2n) is 3.52. The average molecular weight is 260 g/mol. The molecule has 6 heteroatoms. The van der Waals surface area contributed by atoms with Gasteiger partial charge in [0.15, 0.2) is 0 Å². The third-order valence-corrected chi connectivity index (χ3v) is 3.09. The Kier molecular flexibility index (Phi) is 4.58. The number of nitrogens with zero attached hydrogens (tertiary/aromatic N) is 4. The zero-order chi connectivity index (χ0) is 12.6. The van der Waals surface area contributed by atoms with Crippen molar-refractivity contribution in [2.75, 3.05) is 13.2 Å². The van der Waals surface area contributed by atoms with E-state index < -0.39 is 0 Å². The average Bonchev–Trinajstić information content (AvgIpc) is 2.93. The van der Waals surface area contributed by atoms with E-state index in [4.69, 9.17) is 10.3 Å². The fourth-order valence-electron chi connectivity index (χ4n) is 1.43. The molecule has 92 valence electrons. The molecular weight excluding hydrogens is 248 g/mol. The van der Waals surface area contributed by atoms with E-state index in [9.17, 15) is 0 Å². The van der Waals surface area contributed by atoms with Crippen LogP contribution in [-0.2, 0) is 0 Å². The van der Waals surface area contributed by atoms with Crippen LogP contribution in [0.15, 0.2) is 41.0 Å². The predicted molar refractivity (Wildman–Crippen MR) is 71.7 cm³/mol.